The molecular formula is C9H10N4O. The van der Waals surface area contributed by atoms with Gasteiger partial charge in [-0.2, -0.15) is 10.4 Å². The number of aryl methyl sites for hydroxylation is 1. The van der Waals surface area contributed by atoms with Gasteiger partial charge in [0.05, 0.1) is 6.20 Å². The van der Waals surface area contributed by atoms with E-state index in [0.717, 1.165) is 0 Å². The second kappa shape index (κ2) is 3.75. The lowest BCUT2D eigenvalue weighted by Gasteiger charge is -2.04. The molecule has 72 valence electrons. The van der Waals surface area contributed by atoms with Gasteiger partial charge in [-0.15, -0.1) is 0 Å². The first kappa shape index (κ1) is 9.99. The number of nitriles is 1. The van der Waals surface area contributed by atoms with Crippen molar-refractivity contribution in [3.63, 3.8) is 0 Å². The standard InChI is InChI=1S/C9H10N4O/c1-6(2)9(14)12-8-7(4-10)5-11-13(8)3/h5H,1H2,2-3H3,(H,12,14). The van der Waals surface area contributed by atoms with Gasteiger partial charge in [-0.3, -0.25) is 9.48 Å². The van der Waals surface area contributed by atoms with Crippen molar-refractivity contribution in [2.75, 3.05) is 5.32 Å². The van der Waals surface area contributed by atoms with Crippen molar-refractivity contribution in [2.45, 2.75) is 6.92 Å². The fourth-order valence-electron chi connectivity index (χ4n) is 0.882. The molecule has 0 aliphatic rings. The highest BCUT2D eigenvalue weighted by atomic mass is 16.1. The van der Waals surface area contributed by atoms with Gasteiger partial charge in [0.2, 0.25) is 0 Å². The minimum atomic E-state index is -0.315. The number of aromatic nitrogens is 2. The number of hydrogen-bond donors (Lipinski definition) is 1. The largest absolute Gasteiger partial charge is 0.306 e. The van der Waals surface area contributed by atoms with Crippen LogP contribution in [0.3, 0.4) is 0 Å². The molecule has 0 aliphatic carbocycles. The Labute approximate surface area is 81.6 Å². The van der Waals surface area contributed by atoms with Crippen LogP contribution < -0.4 is 5.32 Å². The van der Waals surface area contributed by atoms with Crippen LogP contribution in [0.15, 0.2) is 18.3 Å². The van der Waals surface area contributed by atoms with Crippen LogP contribution in [-0.2, 0) is 11.8 Å². The van der Waals surface area contributed by atoms with Gasteiger partial charge >= 0.3 is 0 Å². The van der Waals surface area contributed by atoms with Gasteiger partial charge in [-0.1, -0.05) is 6.58 Å². The summed E-state index contributed by atoms with van der Waals surface area (Å²) in [5.41, 5.74) is 0.720. The molecule has 5 nitrogen and oxygen atoms in total. The molecule has 0 unspecified atom stereocenters. The molecule has 0 saturated heterocycles. The Kier molecular flexibility index (Phi) is 2.67. The van der Waals surface area contributed by atoms with Crippen molar-refractivity contribution >= 4 is 11.7 Å². The summed E-state index contributed by atoms with van der Waals surface area (Å²) < 4.78 is 1.43. The molecule has 0 fully saturated rings. The van der Waals surface area contributed by atoms with Crippen LogP contribution in [0, 0.1) is 11.3 Å². The van der Waals surface area contributed by atoms with Gasteiger partial charge < -0.3 is 5.32 Å². The predicted octanol–water partition coefficient (Wildman–Crippen LogP) is 0.806. The van der Waals surface area contributed by atoms with Crippen LogP contribution in [0.1, 0.15) is 12.5 Å². The smallest absolute Gasteiger partial charge is 0.251 e. The average Bonchev–Trinajstić information content (AvgIpc) is 2.47. The number of hydrogen-bond acceptors (Lipinski definition) is 3. The van der Waals surface area contributed by atoms with E-state index in [2.05, 4.69) is 17.0 Å². The van der Waals surface area contributed by atoms with Crippen molar-refractivity contribution in [3.8, 4) is 6.07 Å². The van der Waals surface area contributed by atoms with E-state index >= 15 is 0 Å². The predicted molar refractivity (Wildman–Crippen MR) is 51.4 cm³/mol. The van der Waals surface area contributed by atoms with Crippen molar-refractivity contribution in [3.05, 3.63) is 23.9 Å². The van der Waals surface area contributed by atoms with Gasteiger partial charge in [-0.05, 0) is 6.92 Å². The Bertz CT molecular complexity index is 425. The van der Waals surface area contributed by atoms with Crippen LogP contribution in [0.4, 0.5) is 5.82 Å². The molecule has 5 heteroatoms. The number of carbonyl (C=O) groups excluding carboxylic acids is 1. The molecule has 0 bridgehead atoms. The molecule has 1 N–H and O–H groups in total. The fourth-order valence-corrected chi connectivity index (χ4v) is 0.882. The van der Waals surface area contributed by atoms with Crippen LogP contribution in [0.5, 0.6) is 0 Å². The van der Waals surface area contributed by atoms with E-state index < -0.39 is 0 Å². The molecule has 1 aromatic rings. The molecule has 0 saturated carbocycles. The highest BCUT2D eigenvalue weighted by molar-refractivity contribution is 6.02. The maximum atomic E-state index is 11.3. The van der Waals surface area contributed by atoms with Crippen LogP contribution in [0.25, 0.3) is 0 Å². The number of amides is 1. The first-order chi connectivity index (χ1) is 6.56. The first-order valence-corrected chi connectivity index (χ1v) is 3.95. The molecule has 0 radical (unpaired) electrons. The Balaban J connectivity index is 2.97. The Morgan fingerprint density at radius 3 is 2.93 bits per heavy atom. The summed E-state index contributed by atoms with van der Waals surface area (Å²) in [5, 5.41) is 15.1. The second-order valence-corrected chi connectivity index (χ2v) is 2.88. The van der Waals surface area contributed by atoms with E-state index in [-0.39, 0.29) is 5.91 Å². The fraction of sp³-hybridized carbons (Fsp3) is 0.222. The maximum Gasteiger partial charge on any atom is 0.251 e. The van der Waals surface area contributed by atoms with Crippen molar-refractivity contribution in [2.24, 2.45) is 7.05 Å². The normalized spacial score (nSPS) is 9.21. The average molecular weight is 190 g/mol. The highest BCUT2D eigenvalue weighted by Gasteiger charge is 2.11. The van der Waals surface area contributed by atoms with Gasteiger partial charge in [0.25, 0.3) is 5.91 Å². The third-order valence-corrected chi connectivity index (χ3v) is 1.68. The van der Waals surface area contributed by atoms with Crippen LogP contribution in [-0.4, -0.2) is 15.7 Å². The molecular weight excluding hydrogens is 180 g/mol. The van der Waals surface area contributed by atoms with Crippen molar-refractivity contribution < 1.29 is 4.79 Å². The number of nitrogens with one attached hydrogen (secondary N) is 1. The van der Waals surface area contributed by atoms with Gasteiger partial charge in [-0.25, -0.2) is 0 Å². The molecule has 0 atom stereocenters. The lowest BCUT2D eigenvalue weighted by molar-refractivity contribution is -0.112. The lowest BCUT2D eigenvalue weighted by Crippen LogP contribution is -2.15. The van der Waals surface area contributed by atoms with Gasteiger partial charge in [0.1, 0.15) is 17.5 Å². The van der Waals surface area contributed by atoms with E-state index in [4.69, 9.17) is 5.26 Å². The first-order valence-electron chi connectivity index (χ1n) is 3.95. The summed E-state index contributed by atoms with van der Waals surface area (Å²) in [5.74, 6) is 0.0746. The molecule has 1 heterocycles. The number of carbonyl (C=O) groups is 1. The zero-order valence-corrected chi connectivity index (χ0v) is 8.03. The van der Waals surface area contributed by atoms with Crippen LogP contribution >= 0.6 is 0 Å². The van der Waals surface area contributed by atoms with E-state index in [0.29, 0.717) is 17.0 Å². The molecule has 0 spiro atoms. The van der Waals surface area contributed by atoms with Gasteiger partial charge in [0, 0.05) is 12.6 Å². The summed E-state index contributed by atoms with van der Waals surface area (Å²) in [6.07, 6.45) is 1.40. The van der Waals surface area contributed by atoms with E-state index in [1.165, 1.54) is 10.9 Å². The Hall–Kier alpha value is -2.09. The van der Waals surface area contributed by atoms with Gasteiger partial charge in [0.15, 0.2) is 0 Å². The zero-order valence-electron chi connectivity index (χ0n) is 8.03. The molecule has 1 rings (SSSR count). The zero-order chi connectivity index (χ0) is 10.7. The molecule has 0 aromatic carbocycles. The Morgan fingerprint density at radius 1 is 1.79 bits per heavy atom. The summed E-state index contributed by atoms with van der Waals surface area (Å²) >= 11 is 0. The second-order valence-electron chi connectivity index (χ2n) is 2.88. The molecule has 14 heavy (non-hydrogen) atoms. The third-order valence-electron chi connectivity index (χ3n) is 1.68. The minimum Gasteiger partial charge on any atom is -0.306 e. The van der Waals surface area contributed by atoms with Crippen molar-refractivity contribution in [1.29, 1.82) is 5.26 Å². The SMILES string of the molecule is C=C(C)C(=O)Nc1c(C#N)cnn1C. The Morgan fingerprint density at radius 2 is 2.43 bits per heavy atom. The molecule has 1 aromatic heterocycles. The topological polar surface area (TPSA) is 70.7 Å². The summed E-state index contributed by atoms with van der Waals surface area (Å²) in [4.78, 5) is 11.3. The highest BCUT2D eigenvalue weighted by Crippen LogP contribution is 2.12. The van der Waals surface area contributed by atoms with E-state index in [1.54, 1.807) is 14.0 Å². The molecule has 0 aliphatic heterocycles. The van der Waals surface area contributed by atoms with Crippen LogP contribution in [0.2, 0.25) is 0 Å². The monoisotopic (exact) mass is 190 g/mol. The summed E-state index contributed by atoms with van der Waals surface area (Å²) in [7, 11) is 1.65. The minimum absolute atomic E-state index is 0.315. The third kappa shape index (κ3) is 1.80. The molecule has 1 amide bonds. The lowest BCUT2D eigenvalue weighted by atomic mass is 10.3. The number of anilines is 1. The van der Waals surface area contributed by atoms with Crippen molar-refractivity contribution in [1.82, 2.24) is 9.78 Å². The quantitative estimate of drug-likeness (QED) is 0.701. The van der Waals surface area contributed by atoms with E-state index in [9.17, 15) is 4.79 Å². The summed E-state index contributed by atoms with van der Waals surface area (Å²) in [6.45, 7) is 5.09. The number of rotatable bonds is 2. The number of nitrogens with zero attached hydrogens (tertiary/aromatic N) is 3. The maximum absolute atomic E-state index is 11.3. The van der Waals surface area contributed by atoms with E-state index in [1.807, 2.05) is 6.07 Å². The summed E-state index contributed by atoms with van der Waals surface area (Å²) in [6, 6.07) is 1.93.